The lowest BCUT2D eigenvalue weighted by molar-refractivity contribution is -0.141. The smallest absolute Gasteiger partial charge is 0.326 e. The van der Waals surface area contributed by atoms with Gasteiger partial charge in [-0.1, -0.05) is 0 Å². The number of hydrogen-bond acceptors (Lipinski definition) is 3. The van der Waals surface area contributed by atoms with Gasteiger partial charge < -0.3 is 10.0 Å². The van der Waals surface area contributed by atoms with Crippen molar-refractivity contribution in [1.82, 2.24) is 14.7 Å². The summed E-state index contributed by atoms with van der Waals surface area (Å²) in [6.07, 6.45) is 0. The van der Waals surface area contributed by atoms with Gasteiger partial charge in [-0.3, -0.25) is 19.4 Å². The molecule has 2 N–H and O–H groups in total. The molecule has 1 heterocycles. The number of hydrogen-bond donors (Lipinski definition) is 2. The van der Waals surface area contributed by atoms with Gasteiger partial charge >= 0.3 is 5.97 Å². The van der Waals surface area contributed by atoms with E-state index in [2.05, 4.69) is 5.10 Å². The summed E-state index contributed by atoms with van der Waals surface area (Å²) in [4.78, 5) is 35.2. The number of H-pyrrole nitrogens is 1. The minimum Gasteiger partial charge on any atom is -0.480 e. The molecule has 7 heteroatoms. The van der Waals surface area contributed by atoms with Gasteiger partial charge in [0.2, 0.25) is 0 Å². The highest BCUT2D eigenvalue weighted by atomic mass is 16.4. The van der Waals surface area contributed by atoms with E-state index < -0.39 is 17.9 Å². The second kappa shape index (κ2) is 4.86. The zero-order valence-corrected chi connectivity index (χ0v) is 9.93. The lowest BCUT2D eigenvalue weighted by Crippen LogP contribution is -2.43. The van der Waals surface area contributed by atoms with Crippen LogP contribution in [-0.4, -0.2) is 44.3 Å². The summed E-state index contributed by atoms with van der Waals surface area (Å²) in [5, 5.41) is 11.4. The Hall–Kier alpha value is -2.05. The van der Waals surface area contributed by atoms with Gasteiger partial charge in [-0.15, -0.1) is 0 Å². The SMILES string of the molecule is CCN(C(=O)c1cc(=O)n(C)[nH]1)C(C)C(=O)O. The van der Waals surface area contributed by atoms with Gasteiger partial charge in [-0.25, -0.2) is 4.79 Å². The molecule has 94 valence electrons. The van der Waals surface area contributed by atoms with Gasteiger partial charge in [0.1, 0.15) is 11.7 Å². The van der Waals surface area contributed by atoms with Crippen molar-refractivity contribution in [3.05, 3.63) is 22.1 Å². The molecule has 17 heavy (non-hydrogen) atoms. The quantitative estimate of drug-likeness (QED) is 0.753. The fourth-order valence-electron chi connectivity index (χ4n) is 1.48. The molecule has 0 spiro atoms. The molecule has 0 aromatic carbocycles. The van der Waals surface area contributed by atoms with Gasteiger partial charge in [0.15, 0.2) is 0 Å². The number of carboxylic acid groups (broad SMARTS) is 1. The topological polar surface area (TPSA) is 95.4 Å². The minimum absolute atomic E-state index is 0.0902. The van der Waals surface area contributed by atoms with E-state index in [1.54, 1.807) is 6.92 Å². The summed E-state index contributed by atoms with van der Waals surface area (Å²) in [6.45, 7) is 3.35. The van der Waals surface area contributed by atoms with Crippen LogP contribution in [0.25, 0.3) is 0 Å². The number of amides is 1. The van der Waals surface area contributed by atoms with Crippen LogP contribution in [0.4, 0.5) is 0 Å². The van der Waals surface area contributed by atoms with Crippen molar-refractivity contribution < 1.29 is 14.7 Å². The fourth-order valence-corrected chi connectivity index (χ4v) is 1.48. The third kappa shape index (κ3) is 2.55. The van der Waals surface area contributed by atoms with Gasteiger partial charge in [-0.2, -0.15) is 0 Å². The van der Waals surface area contributed by atoms with Crippen molar-refractivity contribution in [3.63, 3.8) is 0 Å². The molecule has 1 unspecified atom stereocenters. The van der Waals surface area contributed by atoms with E-state index in [1.165, 1.54) is 18.9 Å². The van der Waals surface area contributed by atoms with E-state index in [0.717, 1.165) is 10.7 Å². The summed E-state index contributed by atoms with van der Waals surface area (Å²) in [5.41, 5.74) is -0.250. The first kappa shape index (κ1) is 13.0. The summed E-state index contributed by atoms with van der Waals surface area (Å²) in [5.74, 6) is -1.58. The molecule has 0 aliphatic carbocycles. The zero-order chi connectivity index (χ0) is 13.2. The van der Waals surface area contributed by atoms with Crippen molar-refractivity contribution in [2.24, 2.45) is 7.05 Å². The average molecular weight is 241 g/mol. The number of carbonyl (C=O) groups is 2. The predicted octanol–water partition coefficient (Wildman–Crippen LogP) is -0.351. The number of carbonyl (C=O) groups excluding carboxylic acids is 1. The zero-order valence-electron chi connectivity index (χ0n) is 9.93. The molecule has 7 nitrogen and oxygen atoms in total. The van der Waals surface area contributed by atoms with Crippen LogP contribution in [-0.2, 0) is 11.8 Å². The Balaban J connectivity index is 3.01. The predicted molar refractivity (Wildman–Crippen MR) is 59.8 cm³/mol. The highest BCUT2D eigenvalue weighted by Crippen LogP contribution is 2.05. The highest BCUT2D eigenvalue weighted by Gasteiger charge is 2.26. The maximum atomic E-state index is 12.0. The molecule has 1 aromatic rings. The van der Waals surface area contributed by atoms with E-state index in [4.69, 9.17) is 5.11 Å². The molecule has 1 atom stereocenters. The maximum Gasteiger partial charge on any atom is 0.326 e. The van der Waals surface area contributed by atoms with Crippen molar-refractivity contribution in [2.75, 3.05) is 6.54 Å². The molecule has 1 rings (SSSR count). The molecule has 0 aliphatic rings. The van der Waals surface area contributed by atoms with Crippen LogP contribution in [0.1, 0.15) is 24.3 Å². The van der Waals surface area contributed by atoms with Crippen molar-refractivity contribution in [2.45, 2.75) is 19.9 Å². The van der Waals surface area contributed by atoms with Gasteiger partial charge in [0.05, 0.1) is 0 Å². The molecule has 1 amide bonds. The Morgan fingerprint density at radius 2 is 2.18 bits per heavy atom. The number of aryl methyl sites for hydroxylation is 1. The van der Waals surface area contributed by atoms with Crippen molar-refractivity contribution >= 4 is 11.9 Å². The van der Waals surface area contributed by atoms with Gasteiger partial charge in [-0.05, 0) is 13.8 Å². The largest absolute Gasteiger partial charge is 0.480 e. The van der Waals surface area contributed by atoms with Crippen LogP contribution in [0.2, 0.25) is 0 Å². The third-order valence-electron chi connectivity index (χ3n) is 2.54. The number of nitrogens with zero attached hydrogens (tertiary/aromatic N) is 2. The molecule has 0 fully saturated rings. The van der Waals surface area contributed by atoms with Gasteiger partial charge in [0.25, 0.3) is 11.5 Å². The Kier molecular flexibility index (Phi) is 3.72. The van der Waals surface area contributed by atoms with E-state index in [-0.39, 0.29) is 17.8 Å². The second-order valence-electron chi connectivity index (χ2n) is 3.67. The summed E-state index contributed by atoms with van der Waals surface area (Å²) >= 11 is 0. The Morgan fingerprint density at radius 1 is 1.59 bits per heavy atom. The number of aromatic amines is 1. The number of nitrogens with one attached hydrogen (secondary N) is 1. The van der Waals surface area contributed by atoms with Crippen molar-refractivity contribution in [1.29, 1.82) is 0 Å². The standard InChI is InChI=1S/C10H15N3O4/c1-4-13(6(2)10(16)17)9(15)7-5-8(14)12(3)11-7/h5-6,11H,4H2,1-3H3,(H,16,17). The van der Waals surface area contributed by atoms with Crippen LogP contribution in [0, 0.1) is 0 Å². The summed E-state index contributed by atoms with van der Waals surface area (Å²) in [7, 11) is 1.48. The first-order valence-electron chi connectivity index (χ1n) is 5.18. The molecule has 0 radical (unpaired) electrons. The monoisotopic (exact) mass is 241 g/mol. The molecule has 0 saturated carbocycles. The molecule has 1 aromatic heterocycles. The Labute approximate surface area is 97.6 Å². The normalized spacial score (nSPS) is 12.2. The highest BCUT2D eigenvalue weighted by molar-refractivity contribution is 5.94. The Morgan fingerprint density at radius 3 is 2.53 bits per heavy atom. The minimum atomic E-state index is -1.08. The van der Waals surface area contributed by atoms with Gasteiger partial charge in [0, 0.05) is 19.7 Å². The van der Waals surface area contributed by atoms with E-state index in [9.17, 15) is 14.4 Å². The van der Waals surface area contributed by atoms with Crippen LogP contribution >= 0.6 is 0 Å². The summed E-state index contributed by atoms with van der Waals surface area (Å²) < 4.78 is 1.16. The lowest BCUT2D eigenvalue weighted by Gasteiger charge is -2.24. The molecule has 0 aliphatic heterocycles. The molecule has 0 bridgehead atoms. The maximum absolute atomic E-state index is 12.0. The first-order chi connectivity index (χ1) is 7.88. The summed E-state index contributed by atoms with van der Waals surface area (Å²) in [6, 6.07) is 0.218. The van der Waals surface area contributed by atoms with Crippen LogP contribution in [0.3, 0.4) is 0 Å². The van der Waals surface area contributed by atoms with E-state index in [0.29, 0.717) is 0 Å². The second-order valence-corrected chi connectivity index (χ2v) is 3.67. The molecule has 0 saturated heterocycles. The first-order valence-corrected chi connectivity index (χ1v) is 5.18. The Bertz CT molecular complexity index is 488. The number of rotatable bonds is 4. The molecular weight excluding hydrogens is 226 g/mol. The fraction of sp³-hybridized carbons (Fsp3) is 0.500. The number of aliphatic carboxylic acids is 1. The number of carboxylic acids is 1. The number of aromatic nitrogens is 2. The third-order valence-corrected chi connectivity index (χ3v) is 2.54. The van der Waals surface area contributed by atoms with Crippen LogP contribution in [0.15, 0.2) is 10.9 Å². The number of likely N-dealkylation sites (N-methyl/N-ethyl adjacent to an activating group) is 1. The van der Waals surface area contributed by atoms with E-state index in [1.807, 2.05) is 0 Å². The van der Waals surface area contributed by atoms with Crippen molar-refractivity contribution in [3.8, 4) is 0 Å². The lowest BCUT2D eigenvalue weighted by atomic mass is 10.2. The average Bonchev–Trinajstić information content (AvgIpc) is 2.59. The van der Waals surface area contributed by atoms with E-state index >= 15 is 0 Å². The van der Waals surface area contributed by atoms with Crippen LogP contribution in [0.5, 0.6) is 0 Å². The van der Waals surface area contributed by atoms with Crippen LogP contribution < -0.4 is 5.56 Å². The molecular formula is C10H15N3O4.